The highest BCUT2D eigenvalue weighted by atomic mass is 19.4. The highest BCUT2D eigenvalue weighted by Gasteiger charge is 2.43. The van der Waals surface area contributed by atoms with Crippen LogP contribution in [0.1, 0.15) is 17.5 Å². The van der Waals surface area contributed by atoms with E-state index in [-0.39, 0.29) is 18.2 Å². The predicted octanol–water partition coefficient (Wildman–Crippen LogP) is 3.47. The van der Waals surface area contributed by atoms with Gasteiger partial charge in [0.15, 0.2) is 0 Å². The summed E-state index contributed by atoms with van der Waals surface area (Å²) in [4.78, 5) is 30.7. The Kier molecular flexibility index (Phi) is 5.27. The number of carbonyl (C=O) groups excluding carboxylic acids is 2. The van der Waals surface area contributed by atoms with E-state index < -0.39 is 17.8 Å². The van der Waals surface area contributed by atoms with Crippen molar-refractivity contribution in [1.29, 1.82) is 0 Å². The Morgan fingerprint density at radius 3 is 2.30 bits per heavy atom. The molecule has 0 bridgehead atoms. The van der Waals surface area contributed by atoms with E-state index in [1.807, 2.05) is 28.9 Å². The summed E-state index contributed by atoms with van der Waals surface area (Å²) in [6.45, 7) is 3.84. The summed E-state index contributed by atoms with van der Waals surface area (Å²) in [5.41, 5.74) is 1.31. The van der Waals surface area contributed by atoms with Gasteiger partial charge in [-0.3, -0.25) is 14.5 Å². The molecule has 5 nitrogen and oxygen atoms in total. The Hall–Kier alpha value is -2.87. The van der Waals surface area contributed by atoms with Gasteiger partial charge in [-0.05, 0) is 36.8 Å². The van der Waals surface area contributed by atoms with Crippen molar-refractivity contribution in [2.45, 2.75) is 25.6 Å². The molecule has 0 aliphatic carbocycles. The maximum absolute atomic E-state index is 13.0. The summed E-state index contributed by atoms with van der Waals surface area (Å²) in [6.07, 6.45) is -4.26. The Morgan fingerprint density at radius 1 is 0.933 bits per heavy atom. The minimum atomic E-state index is -4.38. The predicted molar refractivity (Wildman–Crippen MR) is 107 cm³/mol. The van der Waals surface area contributed by atoms with Crippen LogP contribution in [0.25, 0.3) is 0 Å². The van der Waals surface area contributed by atoms with Gasteiger partial charge in [0.2, 0.25) is 5.91 Å². The normalized spacial score (nSPS) is 20.9. The maximum Gasteiger partial charge on any atom is 0.416 e. The van der Waals surface area contributed by atoms with E-state index in [0.29, 0.717) is 37.6 Å². The van der Waals surface area contributed by atoms with Gasteiger partial charge in [0, 0.05) is 31.9 Å². The molecule has 0 saturated carbocycles. The molecule has 0 aromatic heterocycles. The third-order valence-electron chi connectivity index (χ3n) is 5.77. The molecule has 8 heteroatoms. The van der Waals surface area contributed by atoms with Crippen LogP contribution >= 0.6 is 0 Å². The quantitative estimate of drug-likeness (QED) is 0.718. The van der Waals surface area contributed by atoms with E-state index in [2.05, 4.69) is 0 Å². The number of carbonyl (C=O) groups is 2. The zero-order chi connectivity index (χ0) is 21.5. The summed E-state index contributed by atoms with van der Waals surface area (Å²) < 4.78 is 39.0. The first-order valence-corrected chi connectivity index (χ1v) is 9.84. The smallest absolute Gasteiger partial charge is 0.369 e. The van der Waals surface area contributed by atoms with Crippen molar-refractivity contribution in [3.8, 4) is 0 Å². The molecule has 2 aromatic rings. The third kappa shape index (κ3) is 3.79. The molecule has 0 unspecified atom stereocenters. The van der Waals surface area contributed by atoms with Crippen molar-refractivity contribution >= 4 is 23.2 Å². The van der Waals surface area contributed by atoms with Crippen molar-refractivity contribution in [3.05, 3.63) is 59.7 Å². The summed E-state index contributed by atoms with van der Waals surface area (Å²) in [7, 11) is 0. The van der Waals surface area contributed by atoms with E-state index >= 15 is 0 Å². The highest BCUT2D eigenvalue weighted by molar-refractivity contribution is 6.22. The van der Waals surface area contributed by atoms with Crippen LogP contribution in [-0.2, 0) is 15.8 Å². The van der Waals surface area contributed by atoms with Gasteiger partial charge in [0.05, 0.1) is 23.7 Å². The van der Waals surface area contributed by atoms with Crippen LogP contribution < -0.4 is 9.80 Å². The van der Waals surface area contributed by atoms with Crippen LogP contribution in [0, 0.1) is 6.92 Å². The Labute approximate surface area is 172 Å². The SMILES string of the molecule is Cc1ccccc1N1C(=O)C[C@H](N2CCN(c3cccc(C(F)(F)F)c3)CC2)C1=O. The fourth-order valence-electron chi connectivity index (χ4n) is 4.14. The number of alkyl halides is 3. The van der Waals surface area contributed by atoms with E-state index in [1.165, 1.54) is 11.0 Å². The zero-order valence-electron chi connectivity index (χ0n) is 16.5. The fourth-order valence-corrected chi connectivity index (χ4v) is 4.14. The molecule has 2 fully saturated rings. The standard InChI is InChI=1S/C22H22F3N3O2/c1-15-5-2-3-8-18(15)28-20(29)14-19(21(28)30)27-11-9-26(10-12-27)17-7-4-6-16(13-17)22(23,24)25/h2-8,13,19H,9-12,14H2,1H3/t19-/m0/s1. The van der Waals surface area contributed by atoms with Gasteiger partial charge < -0.3 is 4.90 Å². The summed E-state index contributed by atoms with van der Waals surface area (Å²) >= 11 is 0. The molecule has 2 amide bonds. The zero-order valence-corrected chi connectivity index (χ0v) is 16.5. The Balaban J connectivity index is 1.44. The van der Waals surface area contributed by atoms with Crippen molar-refractivity contribution in [2.24, 2.45) is 0 Å². The maximum atomic E-state index is 13.0. The number of nitrogens with zero attached hydrogens (tertiary/aromatic N) is 3. The first kappa shape index (κ1) is 20.4. The van der Waals surface area contributed by atoms with Gasteiger partial charge in [0.1, 0.15) is 0 Å². The molecule has 2 saturated heterocycles. The van der Waals surface area contributed by atoms with Crippen LogP contribution in [0.5, 0.6) is 0 Å². The molecule has 0 radical (unpaired) electrons. The van der Waals surface area contributed by atoms with E-state index in [4.69, 9.17) is 0 Å². The monoisotopic (exact) mass is 417 g/mol. The lowest BCUT2D eigenvalue weighted by Gasteiger charge is -2.38. The molecule has 1 atom stereocenters. The van der Waals surface area contributed by atoms with Crippen molar-refractivity contribution in [1.82, 2.24) is 4.90 Å². The molecule has 4 rings (SSSR count). The van der Waals surface area contributed by atoms with Gasteiger partial charge in [-0.15, -0.1) is 0 Å². The Bertz CT molecular complexity index is 968. The molecular formula is C22H22F3N3O2. The number of hydrogen-bond acceptors (Lipinski definition) is 4. The average Bonchev–Trinajstić information content (AvgIpc) is 3.02. The van der Waals surface area contributed by atoms with Crippen LogP contribution in [0.4, 0.5) is 24.5 Å². The lowest BCUT2D eigenvalue weighted by Crippen LogP contribution is -2.52. The van der Waals surface area contributed by atoms with Gasteiger partial charge in [-0.2, -0.15) is 13.2 Å². The number of piperazine rings is 1. The molecule has 2 aliphatic heterocycles. The highest BCUT2D eigenvalue weighted by Crippen LogP contribution is 2.33. The Morgan fingerprint density at radius 2 is 1.63 bits per heavy atom. The van der Waals surface area contributed by atoms with E-state index in [9.17, 15) is 22.8 Å². The topological polar surface area (TPSA) is 43.9 Å². The molecule has 2 aliphatic rings. The second-order valence-electron chi connectivity index (χ2n) is 7.64. The number of halogens is 3. The second-order valence-corrected chi connectivity index (χ2v) is 7.64. The van der Waals surface area contributed by atoms with Crippen molar-refractivity contribution in [2.75, 3.05) is 36.0 Å². The fraction of sp³-hybridized carbons (Fsp3) is 0.364. The van der Waals surface area contributed by atoms with Gasteiger partial charge >= 0.3 is 6.18 Å². The number of anilines is 2. The average molecular weight is 417 g/mol. The molecule has 158 valence electrons. The van der Waals surface area contributed by atoms with E-state index in [0.717, 1.165) is 17.7 Å². The molecule has 0 spiro atoms. The lowest BCUT2D eigenvalue weighted by molar-refractivity contribution is -0.137. The number of benzene rings is 2. The largest absolute Gasteiger partial charge is 0.416 e. The van der Waals surface area contributed by atoms with Crippen molar-refractivity contribution < 1.29 is 22.8 Å². The van der Waals surface area contributed by atoms with Crippen LogP contribution in [0.3, 0.4) is 0 Å². The van der Waals surface area contributed by atoms with Crippen LogP contribution in [-0.4, -0.2) is 48.9 Å². The molecule has 0 N–H and O–H groups in total. The third-order valence-corrected chi connectivity index (χ3v) is 5.77. The van der Waals surface area contributed by atoms with Gasteiger partial charge in [-0.1, -0.05) is 24.3 Å². The number of para-hydroxylation sites is 1. The minimum absolute atomic E-state index is 0.122. The first-order valence-electron chi connectivity index (χ1n) is 9.84. The van der Waals surface area contributed by atoms with Gasteiger partial charge in [-0.25, -0.2) is 4.90 Å². The molecule has 2 aromatic carbocycles. The van der Waals surface area contributed by atoms with E-state index in [1.54, 1.807) is 18.2 Å². The number of hydrogen-bond donors (Lipinski definition) is 0. The molecule has 2 heterocycles. The number of aryl methyl sites for hydroxylation is 1. The second kappa shape index (κ2) is 7.75. The number of imide groups is 1. The molecule has 30 heavy (non-hydrogen) atoms. The number of amides is 2. The van der Waals surface area contributed by atoms with Crippen molar-refractivity contribution in [3.63, 3.8) is 0 Å². The summed E-state index contributed by atoms with van der Waals surface area (Å²) in [6, 6.07) is 12.0. The lowest BCUT2D eigenvalue weighted by atomic mass is 10.1. The molecular weight excluding hydrogens is 395 g/mol. The van der Waals surface area contributed by atoms with Gasteiger partial charge in [0.25, 0.3) is 5.91 Å². The summed E-state index contributed by atoms with van der Waals surface area (Å²) in [5, 5.41) is 0. The summed E-state index contributed by atoms with van der Waals surface area (Å²) in [5.74, 6) is -0.457. The van der Waals surface area contributed by atoms with Crippen LogP contribution in [0.15, 0.2) is 48.5 Å². The first-order chi connectivity index (χ1) is 14.3. The number of rotatable bonds is 3. The minimum Gasteiger partial charge on any atom is -0.369 e. The van der Waals surface area contributed by atoms with Crippen LogP contribution in [0.2, 0.25) is 0 Å².